The zero-order valence-corrected chi connectivity index (χ0v) is 10.1. The number of benzene rings is 1. The molecule has 0 aliphatic heterocycles. The number of hydrogen-bond acceptors (Lipinski definition) is 2. The van der Waals surface area contributed by atoms with Gasteiger partial charge in [0, 0.05) is 18.3 Å². The Bertz CT molecular complexity index is 533. The van der Waals surface area contributed by atoms with Crippen molar-refractivity contribution in [1.29, 1.82) is 0 Å². The van der Waals surface area contributed by atoms with E-state index in [4.69, 9.17) is 0 Å². The molecule has 1 heterocycles. The van der Waals surface area contributed by atoms with E-state index in [-0.39, 0.29) is 11.7 Å². The van der Waals surface area contributed by atoms with Crippen molar-refractivity contribution in [2.24, 2.45) is 0 Å². The molecule has 0 bridgehead atoms. The SMILES string of the molecule is CCn1nccc1CNC(=O)c1ccc(F)cc1. The molecular formula is C13H14FN3O. The van der Waals surface area contributed by atoms with E-state index in [2.05, 4.69) is 10.4 Å². The van der Waals surface area contributed by atoms with E-state index in [0.29, 0.717) is 12.1 Å². The second kappa shape index (κ2) is 5.44. The zero-order valence-electron chi connectivity index (χ0n) is 10.1. The monoisotopic (exact) mass is 247 g/mol. The Balaban J connectivity index is 1.98. The fourth-order valence-electron chi connectivity index (χ4n) is 1.67. The number of aryl methyl sites for hydroxylation is 1. The summed E-state index contributed by atoms with van der Waals surface area (Å²) in [6.07, 6.45) is 1.70. The van der Waals surface area contributed by atoms with Crippen molar-refractivity contribution in [3.63, 3.8) is 0 Å². The molecule has 0 spiro atoms. The van der Waals surface area contributed by atoms with Gasteiger partial charge >= 0.3 is 0 Å². The van der Waals surface area contributed by atoms with Crippen molar-refractivity contribution in [3.8, 4) is 0 Å². The molecule has 0 radical (unpaired) electrons. The van der Waals surface area contributed by atoms with Gasteiger partial charge in [-0.2, -0.15) is 5.10 Å². The fraction of sp³-hybridized carbons (Fsp3) is 0.231. The van der Waals surface area contributed by atoms with Crippen molar-refractivity contribution in [2.45, 2.75) is 20.0 Å². The molecular weight excluding hydrogens is 233 g/mol. The van der Waals surface area contributed by atoms with Crippen LogP contribution < -0.4 is 5.32 Å². The summed E-state index contributed by atoms with van der Waals surface area (Å²) in [5, 5.41) is 6.89. The third kappa shape index (κ3) is 2.74. The van der Waals surface area contributed by atoms with Crippen molar-refractivity contribution in [3.05, 3.63) is 53.6 Å². The van der Waals surface area contributed by atoms with Crippen LogP contribution in [0.15, 0.2) is 36.5 Å². The van der Waals surface area contributed by atoms with Gasteiger partial charge in [0.1, 0.15) is 5.82 Å². The number of aromatic nitrogens is 2. The molecule has 0 atom stereocenters. The largest absolute Gasteiger partial charge is 0.346 e. The zero-order chi connectivity index (χ0) is 13.0. The number of rotatable bonds is 4. The lowest BCUT2D eigenvalue weighted by atomic mass is 10.2. The summed E-state index contributed by atoms with van der Waals surface area (Å²) >= 11 is 0. The van der Waals surface area contributed by atoms with Crippen LogP contribution in [0.25, 0.3) is 0 Å². The molecule has 0 aliphatic carbocycles. The molecule has 2 aromatic rings. The molecule has 1 amide bonds. The van der Waals surface area contributed by atoms with E-state index >= 15 is 0 Å². The number of halogens is 1. The fourth-order valence-corrected chi connectivity index (χ4v) is 1.67. The highest BCUT2D eigenvalue weighted by Crippen LogP contribution is 2.04. The van der Waals surface area contributed by atoms with Crippen LogP contribution >= 0.6 is 0 Å². The van der Waals surface area contributed by atoms with Crippen LogP contribution in [0.1, 0.15) is 23.0 Å². The minimum absolute atomic E-state index is 0.223. The number of nitrogens with zero attached hydrogens (tertiary/aromatic N) is 2. The second-order valence-electron chi connectivity index (χ2n) is 3.83. The molecule has 18 heavy (non-hydrogen) atoms. The molecule has 0 saturated heterocycles. The highest BCUT2D eigenvalue weighted by atomic mass is 19.1. The van der Waals surface area contributed by atoms with Gasteiger partial charge in [0.25, 0.3) is 5.91 Å². The van der Waals surface area contributed by atoms with Gasteiger partial charge in [-0.25, -0.2) is 4.39 Å². The Labute approximate surface area is 104 Å². The topological polar surface area (TPSA) is 46.9 Å². The van der Waals surface area contributed by atoms with E-state index in [0.717, 1.165) is 12.2 Å². The van der Waals surface area contributed by atoms with E-state index in [1.165, 1.54) is 24.3 Å². The number of nitrogens with one attached hydrogen (secondary N) is 1. The Morgan fingerprint density at radius 3 is 2.72 bits per heavy atom. The summed E-state index contributed by atoms with van der Waals surface area (Å²) in [5.74, 6) is -0.575. The van der Waals surface area contributed by atoms with Crippen molar-refractivity contribution >= 4 is 5.91 Å². The van der Waals surface area contributed by atoms with Crippen LogP contribution in [0.3, 0.4) is 0 Å². The Morgan fingerprint density at radius 1 is 1.33 bits per heavy atom. The van der Waals surface area contributed by atoms with Crippen LogP contribution in [0, 0.1) is 5.82 Å². The molecule has 2 rings (SSSR count). The standard InChI is InChI=1S/C13H14FN3O/c1-2-17-12(7-8-16-17)9-15-13(18)10-3-5-11(14)6-4-10/h3-8H,2,9H2,1H3,(H,15,18). The third-order valence-corrected chi connectivity index (χ3v) is 2.64. The first-order valence-electron chi connectivity index (χ1n) is 5.75. The quantitative estimate of drug-likeness (QED) is 0.897. The maximum absolute atomic E-state index is 12.7. The molecule has 0 fully saturated rings. The number of amides is 1. The molecule has 0 aliphatic rings. The molecule has 1 aromatic carbocycles. The average Bonchev–Trinajstić information content (AvgIpc) is 2.84. The lowest BCUT2D eigenvalue weighted by molar-refractivity contribution is 0.0950. The van der Waals surface area contributed by atoms with Gasteiger partial charge in [0.2, 0.25) is 0 Å². The van der Waals surface area contributed by atoms with E-state index < -0.39 is 0 Å². The number of hydrogen-bond donors (Lipinski definition) is 1. The minimum Gasteiger partial charge on any atom is -0.346 e. The van der Waals surface area contributed by atoms with Crippen LogP contribution in [-0.2, 0) is 13.1 Å². The molecule has 0 saturated carbocycles. The summed E-state index contributed by atoms with van der Waals surface area (Å²) in [6, 6.07) is 7.31. The van der Waals surface area contributed by atoms with E-state index in [9.17, 15) is 9.18 Å². The molecule has 1 N–H and O–H groups in total. The van der Waals surface area contributed by atoms with Gasteiger partial charge < -0.3 is 5.32 Å². The predicted molar refractivity (Wildman–Crippen MR) is 65.5 cm³/mol. The summed E-state index contributed by atoms with van der Waals surface area (Å²) in [4.78, 5) is 11.8. The van der Waals surface area contributed by atoms with E-state index in [1.54, 1.807) is 6.20 Å². The second-order valence-corrected chi connectivity index (χ2v) is 3.83. The molecule has 94 valence electrons. The van der Waals surface area contributed by atoms with Crippen LogP contribution in [0.4, 0.5) is 4.39 Å². The van der Waals surface area contributed by atoms with Crippen LogP contribution in [-0.4, -0.2) is 15.7 Å². The maximum atomic E-state index is 12.7. The van der Waals surface area contributed by atoms with Crippen LogP contribution in [0.2, 0.25) is 0 Å². The molecule has 0 unspecified atom stereocenters. The molecule has 4 nitrogen and oxygen atoms in total. The lowest BCUT2D eigenvalue weighted by Crippen LogP contribution is -2.24. The summed E-state index contributed by atoms with van der Waals surface area (Å²) in [7, 11) is 0. The van der Waals surface area contributed by atoms with Gasteiger partial charge in [0.05, 0.1) is 12.2 Å². The lowest BCUT2D eigenvalue weighted by Gasteiger charge is -2.07. The molecule has 5 heteroatoms. The van der Waals surface area contributed by atoms with Crippen molar-refractivity contribution in [1.82, 2.24) is 15.1 Å². The Kier molecular flexibility index (Phi) is 3.72. The van der Waals surface area contributed by atoms with Crippen LogP contribution in [0.5, 0.6) is 0 Å². The third-order valence-electron chi connectivity index (χ3n) is 2.64. The number of carbonyl (C=O) groups excluding carboxylic acids is 1. The van der Waals surface area contributed by atoms with Gasteiger partial charge in [-0.05, 0) is 37.3 Å². The van der Waals surface area contributed by atoms with Gasteiger partial charge in [0.15, 0.2) is 0 Å². The van der Waals surface area contributed by atoms with Crippen molar-refractivity contribution < 1.29 is 9.18 Å². The first kappa shape index (κ1) is 12.3. The highest BCUT2D eigenvalue weighted by molar-refractivity contribution is 5.94. The smallest absolute Gasteiger partial charge is 0.251 e. The van der Waals surface area contributed by atoms with E-state index in [1.807, 2.05) is 17.7 Å². The Morgan fingerprint density at radius 2 is 2.06 bits per heavy atom. The summed E-state index contributed by atoms with van der Waals surface area (Å²) in [5.41, 5.74) is 1.38. The summed E-state index contributed by atoms with van der Waals surface area (Å²) < 4.78 is 14.5. The van der Waals surface area contributed by atoms with Gasteiger partial charge in [-0.1, -0.05) is 0 Å². The first-order chi connectivity index (χ1) is 8.70. The maximum Gasteiger partial charge on any atom is 0.251 e. The first-order valence-corrected chi connectivity index (χ1v) is 5.75. The minimum atomic E-state index is -0.351. The van der Waals surface area contributed by atoms with Crippen molar-refractivity contribution in [2.75, 3.05) is 0 Å². The average molecular weight is 247 g/mol. The van der Waals surface area contributed by atoms with Gasteiger partial charge in [-0.3, -0.25) is 9.48 Å². The predicted octanol–water partition coefficient (Wildman–Crippen LogP) is 1.97. The normalized spacial score (nSPS) is 10.3. The highest BCUT2D eigenvalue weighted by Gasteiger charge is 2.07. The summed E-state index contributed by atoms with van der Waals surface area (Å²) in [6.45, 7) is 3.15. The number of carbonyl (C=O) groups is 1. The van der Waals surface area contributed by atoms with Gasteiger partial charge in [-0.15, -0.1) is 0 Å². The molecule has 1 aromatic heterocycles. The Hall–Kier alpha value is -2.17.